The second-order valence-corrected chi connectivity index (χ2v) is 5.09. The molecule has 0 aromatic heterocycles. The first-order valence-corrected chi connectivity index (χ1v) is 6.67. The molecule has 0 saturated carbocycles. The van der Waals surface area contributed by atoms with Gasteiger partial charge in [-0.3, -0.25) is 4.79 Å². The first kappa shape index (κ1) is 13.5. The van der Waals surface area contributed by atoms with E-state index in [9.17, 15) is 14.7 Å². The molecule has 106 valence electrons. The normalized spacial score (nSPS) is 20.1. The van der Waals surface area contributed by atoms with Crippen molar-refractivity contribution in [2.45, 2.75) is 18.6 Å². The van der Waals surface area contributed by atoms with E-state index in [0.29, 0.717) is 11.1 Å². The van der Waals surface area contributed by atoms with Crippen LogP contribution >= 0.6 is 0 Å². The van der Waals surface area contributed by atoms with Crippen LogP contribution in [0.4, 0.5) is 0 Å². The lowest BCUT2D eigenvalue weighted by atomic mass is 9.99. The molecule has 3 rings (SSSR count). The molecule has 0 amide bonds. The Kier molecular flexibility index (Phi) is 3.31. The Bertz CT molecular complexity index is 693. The number of benzene rings is 2. The number of hydrogen-bond donors (Lipinski definition) is 1. The monoisotopic (exact) mass is 282 g/mol. The third kappa shape index (κ3) is 2.34. The summed E-state index contributed by atoms with van der Waals surface area (Å²) in [6, 6.07) is 15.9. The van der Waals surface area contributed by atoms with Gasteiger partial charge in [0, 0.05) is 12.0 Å². The van der Waals surface area contributed by atoms with Crippen LogP contribution in [0.3, 0.4) is 0 Å². The van der Waals surface area contributed by atoms with Crippen LogP contribution in [0.5, 0.6) is 0 Å². The molecule has 0 aliphatic heterocycles. The largest absolute Gasteiger partial charge is 0.458 e. The quantitative estimate of drug-likeness (QED) is 0.690. The van der Waals surface area contributed by atoms with E-state index in [1.807, 2.05) is 30.3 Å². The van der Waals surface area contributed by atoms with Crippen molar-refractivity contribution in [1.82, 2.24) is 0 Å². The molecule has 0 bridgehead atoms. The van der Waals surface area contributed by atoms with Gasteiger partial charge in [0.15, 0.2) is 0 Å². The summed E-state index contributed by atoms with van der Waals surface area (Å²) < 4.78 is 5.11. The van der Waals surface area contributed by atoms with Gasteiger partial charge in [0.25, 0.3) is 0 Å². The van der Waals surface area contributed by atoms with Crippen LogP contribution in [-0.4, -0.2) is 22.5 Å². The minimum atomic E-state index is -2.10. The molecular formula is C17H14O4. The fourth-order valence-electron chi connectivity index (χ4n) is 2.48. The van der Waals surface area contributed by atoms with Crippen molar-refractivity contribution >= 4 is 11.8 Å². The highest BCUT2D eigenvalue weighted by molar-refractivity contribution is 6.18. The Labute approximate surface area is 122 Å². The van der Waals surface area contributed by atoms with E-state index >= 15 is 0 Å². The Morgan fingerprint density at radius 3 is 2.48 bits per heavy atom. The lowest BCUT2D eigenvalue weighted by Gasteiger charge is -2.18. The fraction of sp³-hybridized carbons (Fsp3) is 0.176. The molecule has 2 aromatic carbocycles. The van der Waals surface area contributed by atoms with Crippen LogP contribution < -0.4 is 0 Å². The Hall–Kier alpha value is -2.46. The molecule has 0 radical (unpaired) electrons. The maximum absolute atomic E-state index is 12.2. The van der Waals surface area contributed by atoms with Gasteiger partial charge in [0.1, 0.15) is 6.61 Å². The molecule has 0 spiro atoms. The van der Waals surface area contributed by atoms with Gasteiger partial charge in [-0.05, 0) is 11.1 Å². The van der Waals surface area contributed by atoms with Crippen molar-refractivity contribution in [3.05, 3.63) is 71.3 Å². The summed E-state index contributed by atoms with van der Waals surface area (Å²) in [7, 11) is 0. The van der Waals surface area contributed by atoms with E-state index in [1.54, 1.807) is 24.3 Å². The zero-order valence-corrected chi connectivity index (χ0v) is 11.3. The van der Waals surface area contributed by atoms with Crippen LogP contribution in [0.25, 0.3) is 0 Å². The second kappa shape index (κ2) is 5.14. The van der Waals surface area contributed by atoms with E-state index in [0.717, 1.165) is 5.56 Å². The van der Waals surface area contributed by atoms with Gasteiger partial charge in [-0.2, -0.15) is 0 Å². The lowest BCUT2D eigenvalue weighted by molar-refractivity contribution is -0.161. The summed E-state index contributed by atoms with van der Waals surface area (Å²) in [6.07, 6.45) is -0.0321. The van der Waals surface area contributed by atoms with Gasteiger partial charge in [0.2, 0.25) is 11.4 Å². The maximum Gasteiger partial charge on any atom is 0.347 e. The molecule has 1 N–H and O–H groups in total. The fourth-order valence-corrected chi connectivity index (χ4v) is 2.48. The molecule has 21 heavy (non-hydrogen) atoms. The minimum Gasteiger partial charge on any atom is -0.458 e. The Morgan fingerprint density at radius 1 is 1.10 bits per heavy atom. The van der Waals surface area contributed by atoms with Crippen molar-refractivity contribution in [2.24, 2.45) is 0 Å². The molecule has 0 fully saturated rings. The van der Waals surface area contributed by atoms with Crippen molar-refractivity contribution in [3.8, 4) is 0 Å². The molecule has 1 unspecified atom stereocenters. The summed E-state index contributed by atoms with van der Waals surface area (Å²) in [5.74, 6) is -1.48. The molecular weight excluding hydrogens is 268 g/mol. The smallest absolute Gasteiger partial charge is 0.347 e. The minimum absolute atomic E-state index is 0.0321. The number of Topliss-reactive ketones (excluding diaryl/α,β-unsaturated/α-hetero) is 1. The molecule has 0 heterocycles. The maximum atomic E-state index is 12.2. The summed E-state index contributed by atoms with van der Waals surface area (Å²) in [4.78, 5) is 24.3. The number of carbonyl (C=O) groups is 2. The number of carbonyl (C=O) groups excluding carboxylic acids is 2. The van der Waals surface area contributed by atoms with E-state index in [1.165, 1.54) is 0 Å². The van der Waals surface area contributed by atoms with E-state index in [2.05, 4.69) is 0 Å². The summed E-state index contributed by atoms with van der Waals surface area (Å²) >= 11 is 0. The highest BCUT2D eigenvalue weighted by atomic mass is 16.6. The average molecular weight is 282 g/mol. The number of hydrogen-bond acceptors (Lipinski definition) is 4. The predicted octanol–water partition coefficient (Wildman–Crippen LogP) is 1.90. The van der Waals surface area contributed by atoms with Gasteiger partial charge < -0.3 is 9.84 Å². The van der Waals surface area contributed by atoms with Crippen molar-refractivity contribution < 1.29 is 19.4 Å². The van der Waals surface area contributed by atoms with Crippen LogP contribution in [0.2, 0.25) is 0 Å². The van der Waals surface area contributed by atoms with Gasteiger partial charge in [-0.25, -0.2) is 4.79 Å². The molecule has 1 aliphatic carbocycles. The van der Waals surface area contributed by atoms with Crippen LogP contribution in [0.1, 0.15) is 21.5 Å². The lowest BCUT2D eigenvalue weighted by Crippen LogP contribution is -2.45. The SMILES string of the molecule is O=C(OCc1ccccc1)C1(O)Cc2ccccc2C1=O. The van der Waals surface area contributed by atoms with Gasteiger partial charge >= 0.3 is 5.97 Å². The third-order valence-electron chi connectivity index (χ3n) is 3.63. The van der Waals surface area contributed by atoms with Crippen molar-refractivity contribution in [3.63, 3.8) is 0 Å². The molecule has 0 saturated heterocycles. The standard InChI is InChI=1S/C17H14O4/c18-15-14-9-5-4-8-13(14)10-17(15,20)16(19)21-11-12-6-2-1-3-7-12/h1-9,20H,10-11H2. The topological polar surface area (TPSA) is 63.6 Å². The van der Waals surface area contributed by atoms with Crippen molar-refractivity contribution in [2.75, 3.05) is 0 Å². The average Bonchev–Trinajstić information content (AvgIpc) is 2.79. The summed E-state index contributed by atoms with van der Waals surface area (Å²) in [5, 5.41) is 10.4. The van der Waals surface area contributed by atoms with E-state index in [4.69, 9.17) is 4.74 Å². The number of ketones is 1. The van der Waals surface area contributed by atoms with Crippen LogP contribution in [0, 0.1) is 0 Å². The highest BCUT2D eigenvalue weighted by Crippen LogP contribution is 2.31. The number of fused-ring (bicyclic) bond motifs is 1. The number of esters is 1. The number of ether oxygens (including phenoxy) is 1. The third-order valence-corrected chi connectivity index (χ3v) is 3.63. The zero-order chi connectivity index (χ0) is 14.9. The Balaban J connectivity index is 1.75. The molecule has 4 heteroatoms. The Morgan fingerprint density at radius 2 is 1.76 bits per heavy atom. The van der Waals surface area contributed by atoms with Gasteiger partial charge in [-0.1, -0.05) is 54.6 Å². The molecule has 4 nitrogen and oxygen atoms in total. The molecule has 1 aliphatic rings. The first-order chi connectivity index (χ1) is 10.1. The van der Waals surface area contributed by atoms with Crippen LogP contribution in [0.15, 0.2) is 54.6 Å². The van der Waals surface area contributed by atoms with Crippen molar-refractivity contribution in [1.29, 1.82) is 0 Å². The van der Waals surface area contributed by atoms with Gasteiger partial charge in [0.05, 0.1) is 0 Å². The zero-order valence-electron chi connectivity index (χ0n) is 11.3. The van der Waals surface area contributed by atoms with Gasteiger partial charge in [-0.15, -0.1) is 0 Å². The number of aliphatic hydroxyl groups is 1. The first-order valence-electron chi connectivity index (χ1n) is 6.67. The molecule has 1 atom stereocenters. The van der Waals surface area contributed by atoms with E-state index < -0.39 is 17.4 Å². The highest BCUT2D eigenvalue weighted by Gasteiger charge is 2.51. The molecule has 2 aromatic rings. The second-order valence-electron chi connectivity index (χ2n) is 5.09. The summed E-state index contributed by atoms with van der Waals surface area (Å²) in [6.45, 7) is 0.0333. The number of rotatable bonds is 3. The summed E-state index contributed by atoms with van der Waals surface area (Å²) in [5.41, 5.74) is -0.242. The van der Waals surface area contributed by atoms with Crippen LogP contribution in [-0.2, 0) is 22.6 Å². The predicted molar refractivity (Wildman–Crippen MR) is 75.7 cm³/mol. The van der Waals surface area contributed by atoms with E-state index in [-0.39, 0.29) is 13.0 Å².